The molecule has 5 nitrogen and oxygen atoms in total. The average Bonchev–Trinajstić information content (AvgIpc) is 2.57. The molecule has 2 amide bonds. The van der Waals surface area contributed by atoms with Gasteiger partial charge in [-0.05, 0) is 31.0 Å². The summed E-state index contributed by atoms with van der Waals surface area (Å²) in [6.07, 6.45) is 0.167. The maximum atomic E-state index is 12.0. The van der Waals surface area contributed by atoms with Gasteiger partial charge in [0.15, 0.2) is 0 Å². The standard InChI is InChI=1S/C19H22N2O3/c1-13-7-6-8-14(2)19(13)21-18(23)12-20-17(22)11-15-9-4-5-10-16(15)24-3/h4-10H,11-12H2,1-3H3,(H,20,22)(H,21,23). The van der Waals surface area contributed by atoms with Crippen molar-refractivity contribution in [2.45, 2.75) is 20.3 Å². The number of benzene rings is 2. The van der Waals surface area contributed by atoms with E-state index in [-0.39, 0.29) is 24.8 Å². The molecule has 0 saturated carbocycles. The van der Waals surface area contributed by atoms with E-state index in [2.05, 4.69) is 10.6 Å². The van der Waals surface area contributed by atoms with Gasteiger partial charge in [-0.1, -0.05) is 36.4 Å². The Kier molecular flexibility index (Phi) is 5.95. The Bertz CT molecular complexity index is 721. The van der Waals surface area contributed by atoms with E-state index in [1.807, 2.05) is 50.2 Å². The van der Waals surface area contributed by atoms with E-state index >= 15 is 0 Å². The lowest BCUT2D eigenvalue weighted by Crippen LogP contribution is -2.34. The number of carbonyl (C=O) groups excluding carboxylic acids is 2. The lowest BCUT2D eigenvalue weighted by atomic mass is 10.1. The maximum absolute atomic E-state index is 12.0. The summed E-state index contributed by atoms with van der Waals surface area (Å²) >= 11 is 0. The van der Waals surface area contributed by atoms with Crippen molar-refractivity contribution in [1.82, 2.24) is 5.32 Å². The molecule has 0 spiro atoms. The fraction of sp³-hybridized carbons (Fsp3) is 0.263. The number of anilines is 1. The van der Waals surface area contributed by atoms with Gasteiger partial charge in [-0.2, -0.15) is 0 Å². The SMILES string of the molecule is COc1ccccc1CC(=O)NCC(=O)Nc1c(C)cccc1C. The molecule has 0 radical (unpaired) electrons. The van der Waals surface area contributed by atoms with E-state index in [0.29, 0.717) is 5.75 Å². The minimum absolute atomic E-state index is 0.0677. The van der Waals surface area contributed by atoms with E-state index in [1.54, 1.807) is 13.2 Å². The first-order valence-electron chi connectivity index (χ1n) is 7.76. The molecule has 2 aromatic carbocycles. The molecule has 2 rings (SSSR count). The molecule has 0 unspecified atom stereocenters. The molecule has 0 aliphatic carbocycles. The number of rotatable bonds is 6. The van der Waals surface area contributed by atoms with Gasteiger partial charge >= 0.3 is 0 Å². The predicted octanol–water partition coefficient (Wildman–Crippen LogP) is 2.61. The highest BCUT2D eigenvalue weighted by atomic mass is 16.5. The number of nitrogens with one attached hydrogen (secondary N) is 2. The Morgan fingerprint density at radius 1 is 0.958 bits per heavy atom. The van der Waals surface area contributed by atoms with Gasteiger partial charge in [-0.3, -0.25) is 9.59 Å². The van der Waals surface area contributed by atoms with Crippen LogP contribution in [0.5, 0.6) is 5.75 Å². The maximum Gasteiger partial charge on any atom is 0.243 e. The Balaban J connectivity index is 1.88. The molecule has 126 valence electrons. The monoisotopic (exact) mass is 326 g/mol. The van der Waals surface area contributed by atoms with Crippen LogP contribution in [-0.2, 0) is 16.0 Å². The fourth-order valence-electron chi connectivity index (χ4n) is 2.46. The molecule has 0 saturated heterocycles. The minimum atomic E-state index is -0.249. The summed E-state index contributed by atoms with van der Waals surface area (Å²) < 4.78 is 5.22. The number of aryl methyl sites for hydroxylation is 2. The number of hydrogen-bond donors (Lipinski definition) is 2. The van der Waals surface area contributed by atoms with Crippen molar-refractivity contribution in [1.29, 1.82) is 0 Å². The van der Waals surface area contributed by atoms with Crippen LogP contribution in [0.3, 0.4) is 0 Å². The zero-order valence-electron chi connectivity index (χ0n) is 14.2. The summed E-state index contributed by atoms with van der Waals surface area (Å²) in [6.45, 7) is 3.80. The van der Waals surface area contributed by atoms with Crippen LogP contribution in [0.15, 0.2) is 42.5 Å². The largest absolute Gasteiger partial charge is 0.496 e. The van der Waals surface area contributed by atoms with Crippen molar-refractivity contribution in [2.75, 3.05) is 19.0 Å². The molecular formula is C19H22N2O3. The smallest absolute Gasteiger partial charge is 0.243 e. The fourth-order valence-corrected chi connectivity index (χ4v) is 2.46. The molecule has 0 aliphatic heterocycles. The Morgan fingerprint density at radius 3 is 2.29 bits per heavy atom. The second-order valence-corrected chi connectivity index (χ2v) is 5.58. The van der Waals surface area contributed by atoms with E-state index < -0.39 is 0 Å². The molecule has 0 heterocycles. The highest BCUT2D eigenvalue weighted by Gasteiger charge is 2.11. The lowest BCUT2D eigenvalue weighted by Gasteiger charge is -2.12. The Morgan fingerprint density at radius 2 is 1.62 bits per heavy atom. The average molecular weight is 326 g/mol. The third-order valence-electron chi connectivity index (χ3n) is 3.74. The highest BCUT2D eigenvalue weighted by Crippen LogP contribution is 2.19. The van der Waals surface area contributed by atoms with Crippen molar-refractivity contribution in [3.8, 4) is 5.75 Å². The normalized spacial score (nSPS) is 10.1. The second-order valence-electron chi connectivity index (χ2n) is 5.58. The summed E-state index contributed by atoms with van der Waals surface area (Å²) in [4.78, 5) is 24.1. The van der Waals surface area contributed by atoms with Gasteiger partial charge in [-0.25, -0.2) is 0 Å². The number of ether oxygens (including phenoxy) is 1. The zero-order valence-corrected chi connectivity index (χ0v) is 14.2. The molecule has 0 fully saturated rings. The quantitative estimate of drug-likeness (QED) is 0.857. The number of amides is 2. The molecular weight excluding hydrogens is 304 g/mol. The van der Waals surface area contributed by atoms with Crippen LogP contribution in [0.4, 0.5) is 5.69 Å². The van der Waals surface area contributed by atoms with Gasteiger partial charge in [0.2, 0.25) is 11.8 Å². The van der Waals surface area contributed by atoms with Crippen LogP contribution in [0.1, 0.15) is 16.7 Å². The number of para-hydroxylation sites is 2. The van der Waals surface area contributed by atoms with Gasteiger partial charge in [0.25, 0.3) is 0 Å². The minimum Gasteiger partial charge on any atom is -0.496 e. The lowest BCUT2D eigenvalue weighted by molar-refractivity contribution is -0.123. The highest BCUT2D eigenvalue weighted by molar-refractivity contribution is 5.96. The predicted molar refractivity (Wildman–Crippen MR) is 94.3 cm³/mol. The van der Waals surface area contributed by atoms with Crippen LogP contribution in [0.25, 0.3) is 0 Å². The van der Waals surface area contributed by atoms with Crippen molar-refractivity contribution in [2.24, 2.45) is 0 Å². The summed E-state index contributed by atoms with van der Waals surface area (Å²) in [6, 6.07) is 13.1. The van der Waals surface area contributed by atoms with Gasteiger partial charge in [0, 0.05) is 11.3 Å². The van der Waals surface area contributed by atoms with Crippen molar-refractivity contribution >= 4 is 17.5 Å². The van der Waals surface area contributed by atoms with Gasteiger partial charge in [-0.15, -0.1) is 0 Å². The van der Waals surface area contributed by atoms with E-state index in [0.717, 1.165) is 22.4 Å². The first-order valence-corrected chi connectivity index (χ1v) is 7.76. The van der Waals surface area contributed by atoms with Gasteiger partial charge in [0.1, 0.15) is 5.75 Å². The molecule has 5 heteroatoms. The zero-order chi connectivity index (χ0) is 17.5. The Hall–Kier alpha value is -2.82. The summed E-state index contributed by atoms with van der Waals surface area (Å²) in [5, 5.41) is 5.48. The van der Waals surface area contributed by atoms with E-state index in [4.69, 9.17) is 4.74 Å². The Labute approximate surface area is 142 Å². The van der Waals surface area contributed by atoms with E-state index in [1.165, 1.54) is 0 Å². The van der Waals surface area contributed by atoms with E-state index in [9.17, 15) is 9.59 Å². The number of hydrogen-bond acceptors (Lipinski definition) is 3. The van der Waals surface area contributed by atoms with Crippen molar-refractivity contribution in [3.05, 3.63) is 59.2 Å². The van der Waals surface area contributed by atoms with Crippen LogP contribution in [0, 0.1) is 13.8 Å². The van der Waals surface area contributed by atoms with Crippen LogP contribution in [0.2, 0.25) is 0 Å². The molecule has 0 atom stereocenters. The second kappa shape index (κ2) is 8.15. The van der Waals surface area contributed by atoms with Crippen LogP contribution in [-0.4, -0.2) is 25.5 Å². The third-order valence-corrected chi connectivity index (χ3v) is 3.74. The molecule has 2 aromatic rings. The summed E-state index contributed by atoms with van der Waals surface area (Å²) in [5.41, 5.74) is 3.56. The third kappa shape index (κ3) is 4.59. The molecule has 0 aliphatic rings. The first-order chi connectivity index (χ1) is 11.5. The molecule has 24 heavy (non-hydrogen) atoms. The number of carbonyl (C=O) groups is 2. The molecule has 0 bridgehead atoms. The van der Waals surface area contributed by atoms with Crippen molar-refractivity contribution < 1.29 is 14.3 Å². The van der Waals surface area contributed by atoms with Crippen LogP contribution >= 0.6 is 0 Å². The summed E-state index contributed by atoms with van der Waals surface area (Å²) in [5.74, 6) is 0.185. The van der Waals surface area contributed by atoms with Gasteiger partial charge in [0.05, 0.1) is 20.1 Å². The van der Waals surface area contributed by atoms with Crippen LogP contribution < -0.4 is 15.4 Å². The molecule has 2 N–H and O–H groups in total. The molecule has 0 aromatic heterocycles. The summed E-state index contributed by atoms with van der Waals surface area (Å²) in [7, 11) is 1.56. The topological polar surface area (TPSA) is 67.4 Å². The van der Waals surface area contributed by atoms with Crippen molar-refractivity contribution in [3.63, 3.8) is 0 Å². The first kappa shape index (κ1) is 17.5. The number of methoxy groups -OCH3 is 1. The van der Waals surface area contributed by atoms with Gasteiger partial charge < -0.3 is 15.4 Å².